The zero-order chi connectivity index (χ0) is 16.2. The fourth-order valence-corrected chi connectivity index (χ4v) is 3.26. The van der Waals surface area contributed by atoms with Crippen molar-refractivity contribution in [3.8, 4) is 17.1 Å². The lowest BCUT2D eigenvalue weighted by molar-refractivity contribution is -0.127. The van der Waals surface area contributed by atoms with Gasteiger partial charge in [0.2, 0.25) is 11.1 Å². The van der Waals surface area contributed by atoms with E-state index in [2.05, 4.69) is 10.2 Å². The minimum Gasteiger partial charge on any atom is -0.497 e. The molecule has 1 aliphatic heterocycles. The van der Waals surface area contributed by atoms with Crippen LogP contribution in [0.15, 0.2) is 29.4 Å². The third-order valence-corrected chi connectivity index (χ3v) is 4.72. The van der Waals surface area contributed by atoms with Crippen LogP contribution in [0.1, 0.15) is 12.8 Å². The molecule has 0 aliphatic carbocycles. The Morgan fingerprint density at radius 2 is 1.96 bits per heavy atom. The van der Waals surface area contributed by atoms with Crippen molar-refractivity contribution < 1.29 is 9.53 Å². The molecule has 0 unspecified atom stereocenters. The summed E-state index contributed by atoms with van der Waals surface area (Å²) in [4.78, 5) is 14.0. The summed E-state index contributed by atoms with van der Waals surface area (Å²) in [5.74, 6) is 7.84. The summed E-state index contributed by atoms with van der Waals surface area (Å²) in [6.45, 7) is 1.71. The second kappa shape index (κ2) is 6.91. The summed E-state index contributed by atoms with van der Waals surface area (Å²) in [5, 5.41) is 8.73. The predicted octanol–water partition coefficient (Wildman–Crippen LogP) is 1.38. The minimum atomic E-state index is 0.126. The number of nitrogens with two attached hydrogens (primary N) is 1. The van der Waals surface area contributed by atoms with Gasteiger partial charge >= 0.3 is 0 Å². The molecule has 1 aliphatic rings. The number of methoxy groups -OCH3 is 1. The topological polar surface area (TPSA) is 86.3 Å². The van der Waals surface area contributed by atoms with Gasteiger partial charge in [-0.25, -0.2) is 4.68 Å². The van der Waals surface area contributed by atoms with E-state index in [1.165, 1.54) is 16.4 Å². The maximum Gasteiger partial charge on any atom is 0.233 e. The van der Waals surface area contributed by atoms with E-state index in [0.29, 0.717) is 16.7 Å². The molecule has 0 saturated carbocycles. The first-order valence-electron chi connectivity index (χ1n) is 7.44. The van der Waals surface area contributed by atoms with E-state index >= 15 is 0 Å². The van der Waals surface area contributed by atoms with Gasteiger partial charge < -0.3 is 15.5 Å². The first kappa shape index (κ1) is 15.7. The molecular formula is C15H19N5O2S. The first-order valence-corrected chi connectivity index (χ1v) is 8.43. The maximum absolute atomic E-state index is 12.1. The predicted molar refractivity (Wildman–Crippen MR) is 88.7 cm³/mol. The van der Waals surface area contributed by atoms with Gasteiger partial charge in [0.05, 0.1) is 12.9 Å². The number of thioether (sulfide) groups is 1. The van der Waals surface area contributed by atoms with Gasteiger partial charge in [0.15, 0.2) is 5.82 Å². The van der Waals surface area contributed by atoms with E-state index in [0.717, 1.165) is 37.2 Å². The highest BCUT2D eigenvalue weighted by Crippen LogP contribution is 2.24. The van der Waals surface area contributed by atoms with Crippen LogP contribution in [0.2, 0.25) is 0 Å². The molecule has 2 N–H and O–H groups in total. The number of nitrogens with zero attached hydrogens (tertiary/aromatic N) is 4. The molecule has 0 atom stereocenters. The average molecular weight is 333 g/mol. The van der Waals surface area contributed by atoms with Gasteiger partial charge in [0.1, 0.15) is 5.75 Å². The van der Waals surface area contributed by atoms with Gasteiger partial charge in [-0.15, -0.1) is 10.2 Å². The smallest absolute Gasteiger partial charge is 0.233 e. The molecule has 8 heteroatoms. The van der Waals surface area contributed by atoms with Gasteiger partial charge in [-0.05, 0) is 37.1 Å². The van der Waals surface area contributed by atoms with Crippen molar-refractivity contribution in [2.24, 2.45) is 0 Å². The van der Waals surface area contributed by atoms with Crippen LogP contribution < -0.4 is 10.6 Å². The number of carbonyl (C=O) groups is 1. The third kappa shape index (κ3) is 3.42. The molecule has 1 saturated heterocycles. The molecule has 1 amide bonds. The molecule has 2 aromatic rings. The summed E-state index contributed by atoms with van der Waals surface area (Å²) in [7, 11) is 1.62. The normalized spacial score (nSPS) is 14.2. The van der Waals surface area contributed by atoms with Crippen molar-refractivity contribution in [3.05, 3.63) is 24.3 Å². The van der Waals surface area contributed by atoms with Crippen LogP contribution >= 0.6 is 11.8 Å². The third-order valence-electron chi connectivity index (χ3n) is 3.80. The standard InChI is InChI=1S/C15H19N5O2S/c1-22-12-6-4-11(5-7-12)14-17-18-15(20(14)16)23-10-13(21)19-8-2-3-9-19/h4-7H,2-3,8-10,16H2,1H3. The summed E-state index contributed by atoms with van der Waals surface area (Å²) in [6, 6.07) is 7.42. The largest absolute Gasteiger partial charge is 0.497 e. The molecule has 1 fully saturated rings. The van der Waals surface area contributed by atoms with Crippen LogP contribution in [-0.2, 0) is 4.79 Å². The number of rotatable bonds is 5. The fraction of sp³-hybridized carbons (Fsp3) is 0.400. The van der Waals surface area contributed by atoms with Crippen molar-refractivity contribution in [1.29, 1.82) is 0 Å². The molecule has 2 heterocycles. The van der Waals surface area contributed by atoms with Crippen molar-refractivity contribution in [1.82, 2.24) is 19.8 Å². The van der Waals surface area contributed by atoms with Crippen molar-refractivity contribution in [2.75, 3.05) is 31.8 Å². The lowest BCUT2D eigenvalue weighted by Gasteiger charge is -2.14. The van der Waals surface area contributed by atoms with Gasteiger partial charge in [0.25, 0.3) is 0 Å². The summed E-state index contributed by atoms with van der Waals surface area (Å²) < 4.78 is 6.55. The number of nitrogen functional groups attached to an aromatic ring is 1. The molecule has 0 radical (unpaired) electrons. The van der Waals surface area contributed by atoms with E-state index in [1.54, 1.807) is 7.11 Å². The van der Waals surface area contributed by atoms with Crippen LogP contribution in [0.3, 0.4) is 0 Å². The quantitative estimate of drug-likeness (QED) is 0.657. The number of amides is 1. The molecule has 1 aromatic heterocycles. The number of ether oxygens (including phenoxy) is 1. The molecule has 3 rings (SSSR count). The minimum absolute atomic E-state index is 0.126. The Bertz CT molecular complexity index is 680. The first-order chi connectivity index (χ1) is 11.2. The highest BCUT2D eigenvalue weighted by atomic mass is 32.2. The molecule has 7 nitrogen and oxygen atoms in total. The number of likely N-dealkylation sites (tertiary alicyclic amines) is 1. The monoisotopic (exact) mass is 333 g/mol. The van der Waals surface area contributed by atoms with E-state index in [-0.39, 0.29) is 5.91 Å². The molecule has 0 bridgehead atoms. The van der Waals surface area contributed by atoms with Gasteiger partial charge in [-0.2, -0.15) is 0 Å². The summed E-state index contributed by atoms with van der Waals surface area (Å²) >= 11 is 1.31. The second-order valence-electron chi connectivity index (χ2n) is 5.28. The molecule has 23 heavy (non-hydrogen) atoms. The zero-order valence-electron chi connectivity index (χ0n) is 12.9. The lowest BCUT2D eigenvalue weighted by atomic mass is 10.2. The Hall–Kier alpha value is -2.22. The Morgan fingerprint density at radius 3 is 2.61 bits per heavy atom. The number of hydrogen-bond donors (Lipinski definition) is 1. The number of benzene rings is 1. The molecule has 0 spiro atoms. The van der Waals surface area contributed by atoms with Crippen molar-refractivity contribution in [2.45, 2.75) is 18.0 Å². The van der Waals surface area contributed by atoms with Crippen LogP contribution in [0, 0.1) is 0 Å². The van der Waals surface area contributed by atoms with Gasteiger partial charge in [-0.3, -0.25) is 4.79 Å². The van der Waals surface area contributed by atoms with E-state index in [1.807, 2.05) is 29.2 Å². The SMILES string of the molecule is COc1ccc(-c2nnc(SCC(=O)N3CCCC3)n2N)cc1. The Morgan fingerprint density at radius 1 is 1.26 bits per heavy atom. The maximum atomic E-state index is 12.1. The van der Waals surface area contributed by atoms with Gasteiger partial charge in [0, 0.05) is 18.7 Å². The summed E-state index contributed by atoms with van der Waals surface area (Å²) in [6.07, 6.45) is 2.18. The number of hydrogen-bond acceptors (Lipinski definition) is 6. The van der Waals surface area contributed by atoms with Crippen LogP contribution in [0.4, 0.5) is 0 Å². The molecule has 122 valence electrons. The highest BCUT2D eigenvalue weighted by Gasteiger charge is 2.19. The van der Waals surface area contributed by atoms with Crippen molar-refractivity contribution >= 4 is 17.7 Å². The zero-order valence-corrected chi connectivity index (χ0v) is 13.8. The van der Waals surface area contributed by atoms with Gasteiger partial charge in [-0.1, -0.05) is 11.8 Å². The lowest BCUT2D eigenvalue weighted by Crippen LogP contribution is -2.29. The summed E-state index contributed by atoms with van der Waals surface area (Å²) in [5.41, 5.74) is 0.846. The second-order valence-corrected chi connectivity index (χ2v) is 6.22. The fourth-order valence-electron chi connectivity index (χ4n) is 2.50. The van der Waals surface area contributed by atoms with Crippen LogP contribution in [0.5, 0.6) is 5.75 Å². The Kier molecular flexibility index (Phi) is 4.71. The van der Waals surface area contributed by atoms with Crippen LogP contribution in [-0.4, -0.2) is 51.6 Å². The van der Waals surface area contributed by atoms with E-state index in [4.69, 9.17) is 10.6 Å². The Balaban J connectivity index is 1.67. The molecule has 1 aromatic carbocycles. The number of carbonyl (C=O) groups excluding carboxylic acids is 1. The molecular weight excluding hydrogens is 314 g/mol. The Labute approximate surface area is 138 Å². The average Bonchev–Trinajstić information content (AvgIpc) is 3.23. The van der Waals surface area contributed by atoms with Crippen LogP contribution in [0.25, 0.3) is 11.4 Å². The highest BCUT2D eigenvalue weighted by molar-refractivity contribution is 7.99. The van der Waals surface area contributed by atoms with E-state index in [9.17, 15) is 4.79 Å². The van der Waals surface area contributed by atoms with E-state index < -0.39 is 0 Å². The number of aromatic nitrogens is 3. The van der Waals surface area contributed by atoms with Crippen molar-refractivity contribution in [3.63, 3.8) is 0 Å².